The third-order valence-corrected chi connectivity index (χ3v) is 4.02. The Morgan fingerprint density at radius 1 is 1.58 bits per heavy atom. The molecule has 2 rings (SSSR count). The number of fused-ring (bicyclic) bond motifs is 1. The van der Waals surface area contributed by atoms with Gasteiger partial charge in [0.25, 0.3) is 0 Å². The maximum atomic E-state index is 11.3. The molecule has 3 nitrogen and oxygen atoms in total. The van der Waals surface area contributed by atoms with Gasteiger partial charge in [0, 0.05) is 0 Å². The molecule has 0 bridgehead atoms. The predicted octanol–water partition coefficient (Wildman–Crippen LogP) is 0.351. The standard InChI is InChI=1S/C8H8O3Se/c1-10-7-3-2-6-5-11-12(9)8(6)4-7/h2-4H,5H2,1H3. The van der Waals surface area contributed by atoms with Gasteiger partial charge in [0.15, 0.2) is 0 Å². The van der Waals surface area contributed by atoms with Crippen LogP contribution in [-0.2, 0) is 14.3 Å². The predicted molar refractivity (Wildman–Crippen MR) is 43.9 cm³/mol. The summed E-state index contributed by atoms with van der Waals surface area (Å²) in [4.78, 5) is 0. The Labute approximate surface area is 74.7 Å². The summed E-state index contributed by atoms with van der Waals surface area (Å²) in [6.07, 6.45) is 0. The van der Waals surface area contributed by atoms with Crippen LogP contribution in [0, 0.1) is 0 Å². The summed E-state index contributed by atoms with van der Waals surface area (Å²) in [5, 5.41) is 0. The molecular formula is C8H8O3Se. The zero-order valence-corrected chi connectivity index (χ0v) is 8.29. The molecule has 4 heteroatoms. The second-order valence-electron chi connectivity index (χ2n) is 2.47. The Kier molecular flexibility index (Phi) is 1.97. The molecular weight excluding hydrogens is 223 g/mol. The molecule has 1 aliphatic heterocycles. The van der Waals surface area contributed by atoms with Gasteiger partial charge >= 0.3 is 74.2 Å². The summed E-state index contributed by atoms with van der Waals surface area (Å²) < 4.78 is 22.1. The molecule has 64 valence electrons. The van der Waals surface area contributed by atoms with Crippen LogP contribution in [0.3, 0.4) is 0 Å². The molecule has 0 saturated carbocycles. The second-order valence-corrected chi connectivity index (χ2v) is 4.87. The van der Waals surface area contributed by atoms with E-state index in [4.69, 9.17) is 8.56 Å². The number of rotatable bonds is 1. The first kappa shape index (κ1) is 7.92. The van der Waals surface area contributed by atoms with Crippen molar-refractivity contribution in [2.75, 3.05) is 7.11 Å². The summed E-state index contributed by atoms with van der Waals surface area (Å²) in [5.74, 6) is 0.740. The molecule has 0 spiro atoms. The van der Waals surface area contributed by atoms with Crippen molar-refractivity contribution in [2.24, 2.45) is 0 Å². The van der Waals surface area contributed by atoms with E-state index in [0.29, 0.717) is 6.61 Å². The minimum atomic E-state index is -2.19. The molecule has 0 N–H and O–H groups in total. The molecule has 1 unspecified atom stereocenters. The molecule has 0 amide bonds. The monoisotopic (exact) mass is 232 g/mol. The maximum absolute atomic E-state index is 11.3. The first-order valence-corrected chi connectivity index (χ1v) is 5.79. The molecule has 0 fully saturated rings. The van der Waals surface area contributed by atoms with Crippen molar-refractivity contribution in [2.45, 2.75) is 6.61 Å². The quantitative estimate of drug-likeness (QED) is 0.654. The Bertz CT molecular complexity index is 335. The number of benzene rings is 1. The Morgan fingerprint density at radius 2 is 2.42 bits per heavy atom. The van der Waals surface area contributed by atoms with Gasteiger partial charge in [-0.25, -0.2) is 0 Å². The van der Waals surface area contributed by atoms with Crippen LogP contribution < -0.4 is 9.20 Å². The van der Waals surface area contributed by atoms with Crippen LogP contribution in [-0.4, -0.2) is 21.3 Å². The molecule has 1 aromatic carbocycles. The summed E-state index contributed by atoms with van der Waals surface area (Å²) in [6, 6.07) is 5.54. The second kappa shape index (κ2) is 2.98. The SMILES string of the molecule is COc1ccc2c(c1)[Se](=O)OC2. The van der Waals surface area contributed by atoms with Gasteiger partial charge in [-0.1, -0.05) is 0 Å². The molecule has 0 aromatic heterocycles. The molecule has 0 aliphatic carbocycles. The fourth-order valence-corrected chi connectivity index (χ4v) is 3.04. The third kappa shape index (κ3) is 1.18. The Morgan fingerprint density at radius 3 is 3.17 bits per heavy atom. The fraction of sp³-hybridized carbons (Fsp3) is 0.250. The van der Waals surface area contributed by atoms with Crippen LogP contribution in [0.15, 0.2) is 18.2 Å². The van der Waals surface area contributed by atoms with Crippen molar-refractivity contribution in [1.82, 2.24) is 0 Å². The zero-order valence-electron chi connectivity index (χ0n) is 6.57. The summed E-state index contributed by atoms with van der Waals surface area (Å²) in [5.41, 5.74) is 1.02. The Hall–Kier alpha value is -0.701. The third-order valence-electron chi connectivity index (χ3n) is 1.78. The number of methoxy groups -OCH3 is 1. The molecule has 1 heterocycles. The van der Waals surface area contributed by atoms with Crippen LogP contribution in [0.4, 0.5) is 0 Å². The van der Waals surface area contributed by atoms with E-state index in [1.54, 1.807) is 13.2 Å². The molecule has 12 heavy (non-hydrogen) atoms. The van der Waals surface area contributed by atoms with Crippen molar-refractivity contribution in [3.8, 4) is 5.75 Å². The average Bonchev–Trinajstić information content (AvgIpc) is 2.47. The van der Waals surface area contributed by atoms with Crippen molar-refractivity contribution in [3.05, 3.63) is 23.8 Å². The summed E-state index contributed by atoms with van der Waals surface area (Å²) >= 11 is -2.19. The van der Waals surface area contributed by atoms with Gasteiger partial charge in [0.2, 0.25) is 0 Å². The van der Waals surface area contributed by atoms with Gasteiger partial charge in [0.1, 0.15) is 0 Å². The van der Waals surface area contributed by atoms with E-state index >= 15 is 0 Å². The molecule has 1 aliphatic rings. The molecule has 0 saturated heterocycles. The van der Waals surface area contributed by atoms with Gasteiger partial charge in [-0.05, 0) is 0 Å². The number of hydrogen-bond acceptors (Lipinski definition) is 3. The van der Waals surface area contributed by atoms with Crippen molar-refractivity contribution in [1.29, 1.82) is 0 Å². The van der Waals surface area contributed by atoms with E-state index in [2.05, 4.69) is 0 Å². The molecule has 1 aromatic rings. The van der Waals surface area contributed by atoms with Gasteiger partial charge in [0.05, 0.1) is 0 Å². The summed E-state index contributed by atoms with van der Waals surface area (Å²) in [6.45, 7) is 0.480. The van der Waals surface area contributed by atoms with Crippen LogP contribution in [0.1, 0.15) is 5.56 Å². The molecule has 1 atom stereocenters. The van der Waals surface area contributed by atoms with Gasteiger partial charge in [-0.15, -0.1) is 0 Å². The van der Waals surface area contributed by atoms with Crippen LogP contribution in [0.5, 0.6) is 5.75 Å². The summed E-state index contributed by atoms with van der Waals surface area (Å²) in [7, 11) is 1.59. The van der Waals surface area contributed by atoms with Crippen LogP contribution >= 0.6 is 0 Å². The van der Waals surface area contributed by atoms with E-state index in [1.165, 1.54) is 0 Å². The van der Waals surface area contributed by atoms with Crippen molar-refractivity contribution in [3.63, 3.8) is 0 Å². The van der Waals surface area contributed by atoms with E-state index in [0.717, 1.165) is 15.8 Å². The van der Waals surface area contributed by atoms with E-state index in [1.807, 2.05) is 12.1 Å². The van der Waals surface area contributed by atoms with Gasteiger partial charge in [-0.2, -0.15) is 0 Å². The van der Waals surface area contributed by atoms with E-state index in [-0.39, 0.29) is 0 Å². The number of hydrogen-bond donors (Lipinski definition) is 0. The van der Waals surface area contributed by atoms with E-state index in [9.17, 15) is 3.83 Å². The first-order valence-electron chi connectivity index (χ1n) is 3.53. The van der Waals surface area contributed by atoms with Crippen LogP contribution in [0.25, 0.3) is 0 Å². The van der Waals surface area contributed by atoms with Gasteiger partial charge < -0.3 is 0 Å². The molecule has 0 radical (unpaired) electrons. The van der Waals surface area contributed by atoms with Crippen molar-refractivity contribution < 1.29 is 12.4 Å². The topological polar surface area (TPSA) is 35.5 Å². The fourth-order valence-electron chi connectivity index (χ4n) is 1.12. The zero-order chi connectivity index (χ0) is 8.55. The van der Waals surface area contributed by atoms with E-state index < -0.39 is 14.2 Å². The first-order chi connectivity index (χ1) is 5.81. The van der Waals surface area contributed by atoms with Gasteiger partial charge in [-0.3, -0.25) is 0 Å². The number of ether oxygens (including phenoxy) is 1. The van der Waals surface area contributed by atoms with Crippen LogP contribution in [0.2, 0.25) is 0 Å². The normalized spacial score (nSPS) is 20.6. The minimum absolute atomic E-state index is 0.480. The Balaban J connectivity index is 2.50. The van der Waals surface area contributed by atoms with Crippen molar-refractivity contribution >= 4 is 18.6 Å². The average molecular weight is 231 g/mol.